The lowest BCUT2D eigenvalue weighted by Crippen LogP contribution is -2.56. The first-order chi connectivity index (χ1) is 17.9. The van der Waals surface area contributed by atoms with Gasteiger partial charge in [0.25, 0.3) is 0 Å². The number of unbranched alkanes of at least 4 members (excludes halogenated alkanes) is 4. The molecule has 3 aliphatic heterocycles. The summed E-state index contributed by atoms with van der Waals surface area (Å²) in [5.41, 5.74) is 0. The Morgan fingerprint density at radius 2 is 2.03 bits per heavy atom. The van der Waals surface area contributed by atoms with Crippen LogP contribution in [0.4, 0.5) is 0 Å². The number of thioether (sulfide) groups is 1. The van der Waals surface area contributed by atoms with Gasteiger partial charge in [0.2, 0.25) is 11.8 Å². The van der Waals surface area contributed by atoms with Crippen molar-refractivity contribution in [1.29, 1.82) is 0 Å². The zero-order valence-electron chi connectivity index (χ0n) is 22.7. The first kappa shape index (κ1) is 29.8. The SMILES string of the molecule is C=CCCCCOC(=O)[C@@H]1[C@@H]2CCC3(S2)C(C(=O)N(CC=C)C(C)CCC)N(CCCCCO)C(=O)[C@H]13. The van der Waals surface area contributed by atoms with Crippen molar-refractivity contribution < 1.29 is 24.2 Å². The van der Waals surface area contributed by atoms with Crippen LogP contribution in [0.1, 0.15) is 78.1 Å². The second-order valence-electron chi connectivity index (χ2n) is 10.7. The lowest BCUT2D eigenvalue weighted by Gasteiger charge is -2.39. The van der Waals surface area contributed by atoms with E-state index in [1.165, 1.54) is 0 Å². The summed E-state index contributed by atoms with van der Waals surface area (Å²) in [7, 11) is 0. The van der Waals surface area contributed by atoms with Gasteiger partial charge in [-0.25, -0.2) is 0 Å². The van der Waals surface area contributed by atoms with Crippen molar-refractivity contribution in [2.75, 3.05) is 26.3 Å². The quantitative estimate of drug-likeness (QED) is 0.170. The van der Waals surface area contributed by atoms with E-state index in [1.54, 1.807) is 22.7 Å². The van der Waals surface area contributed by atoms with Crippen LogP contribution in [-0.2, 0) is 19.1 Å². The van der Waals surface area contributed by atoms with E-state index in [0.717, 1.165) is 57.8 Å². The van der Waals surface area contributed by atoms with E-state index in [-0.39, 0.29) is 35.7 Å². The topological polar surface area (TPSA) is 87.2 Å². The van der Waals surface area contributed by atoms with E-state index in [1.807, 2.05) is 11.0 Å². The lowest BCUT2D eigenvalue weighted by atomic mass is 9.71. The highest BCUT2D eigenvalue weighted by Crippen LogP contribution is 2.66. The highest BCUT2D eigenvalue weighted by atomic mass is 32.2. The number of aliphatic hydroxyl groups excluding tert-OH is 1. The normalized spacial score (nSPS) is 28.7. The second kappa shape index (κ2) is 13.8. The van der Waals surface area contributed by atoms with E-state index in [4.69, 9.17) is 4.74 Å². The third-order valence-electron chi connectivity index (χ3n) is 8.26. The molecule has 208 valence electrons. The van der Waals surface area contributed by atoms with Crippen LogP contribution in [0.15, 0.2) is 25.3 Å². The first-order valence-electron chi connectivity index (χ1n) is 14.2. The summed E-state index contributed by atoms with van der Waals surface area (Å²) in [5, 5.41) is 9.23. The summed E-state index contributed by atoms with van der Waals surface area (Å²) >= 11 is 1.69. The number of aliphatic hydroxyl groups is 1. The third-order valence-corrected chi connectivity index (χ3v) is 10.2. The molecule has 2 amide bonds. The molecule has 37 heavy (non-hydrogen) atoms. The summed E-state index contributed by atoms with van der Waals surface area (Å²) in [6.07, 6.45) is 11.8. The van der Waals surface area contributed by atoms with E-state index >= 15 is 0 Å². The minimum absolute atomic E-state index is 0.0161. The number of ether oxygens (including phenoxy) is 1. The number of fused-ring (bicyclic) bond motifs is 1. The van der Waals surface area contributed by atoms with Crippen molar-refractivity contribution in [3.63, 3.8) is 0 Å². The smallest absolute Gasteiger partial charge is 0.310 e. The minimum atomic E-state index is -0.590. The Labute approximate surface area is 227 Å². The number of carbonyl (C=O) groups excluding carboxylic acids is 3. The van der Waals surface area contributed by atoms with E-state index in [0.29, 0.717) is 26.1 Å². The van der Waals surface area contributed by atoms with E-state index in [9.17, 15) is 19.5 Å². The van der Waals surface area contributed by atoms with Crippen LogP contribution >= 0.6 is 11.8 Å². The number of amides is 2. The number of nitrogens with zero attached hydrogens (tertiary/aromatic N) is 2. The van der Waals surface area contributed by atoms with Crippen molar-refractivity contribution in [3.8, 4) is 0 Å². The van der Waals surface area contributed by atoms with Gasteiger partial charge in [-0.15, -0.1) is 24.9 Å². The fourth-order valence-electron chi connectivity index (χ4n) is 6.53. The molecule has 0 aliphatic carbocycles. The molecule has 3 fully saturated rings. The fourth-order valence-corrected chi connectivity index (χ4v) is 8.73. The van der Waals surface area contributed by atoms with Gasteiger partial charge in [0.1, 0.15) is 6.04 Å². The molecule has 3 rings (SSSR count). The van der Waals surface area contributed by atoms with Crippen LogP contribution < -0.4 is 0 Å². The fraction of sp³-hybridized carbons (Fsp3) is 0.759. The number of rotatable bonds is 17. The van der Waals surface area contributed by atoms with Crippen molar-refractivity contribution in [3.05, 3.63) is 25.3 Å². The summed E-state index contributed by atoms with van der Waals surface area (Å²) < 4.78 is 5.10. The average Bonchev–Trinajstić information content (AvgIpc) is 3.52. The lowest BCUT2D eigenvalue weighted by molar-refractivity contribution is -0.154. The van der Waals surface area contributed by atoms with Gasteiger partial charge in [-0.05, 0) is 64.7 Å². The Hall–Kier alpha value is -1.80. The minimum Gasteiger partial charge on any atom is -0.465 e. The molecule has 3 heterocycles. The van der Waals surface area contributed by atoms with E-state index in [2.05, 4.69) is 27.0 Å². The van der Waals surface area contributed by atoms with Gasteiger partial charge >= 0.3 is 5.97 Å². The molecule has 3 aliphatic rings. The maximum Gasteiger partial charge on any atom is 0.310 e. The zero-order chi connectivity index (χ0) is 27.0. The molecular formula is C29H46N2O5S. The van der Waals surface area contributed by atoms with Gasteiger partial charge in [-0.2, -0.15) is 0 Å². The van der Waals surface area contributed by atoms with Gasteiger partial charge in [-0.1, -0.05) is 25.5 Å². The maximum atomic E-state index is 14.3. The Balaban J connectivity index is 1.88. The summed E-state index contributed by atoms with van der Waals surface area (Å²) in [4.78, 5) is 45.2. The average molecular weight is 535 g/mol. The molecule has 0 radical (unpaired) electrons. The van der Waals surface area contributed by atoms with Crippen LogP contribution in [0, 0.1) is 11.8 Å². The highest BCUT2D eigenvalue weighted by molar-refractivity contribution is 8.02. The van der Waals surface area contributed by atoms with Crippen molar-refractivity contribution in [2.45, 2.75) is 100 Å². The third kappa shape index (κ3) is 6.11. The van der Waals surface area contributed by atoms with Crippen molar-refractivity contribution in [1.82, 2.24) is 9.80 Å². The maximum absolute atomic E-state index is 14.3. The molecule has 8 heteroatoms. The summed E-state index contributed by atoms with van der Waals surface area (Å²) in [6, 6.07) is -0.545. The molecule has 1 spiro atoms. The van der Waals surface area contributed by atoms with Gasteiger partial charge < -0.3 is 19.6 Å². The number of carbonyl (C=O) groups is 3. The molecule has 6 atom stereocenters. The Morgan fingerprint density at radius 1 is 1.24 bits per heavy atom. The highest BCUT2D eigenvalue weighted by Gasteiger charge is 2.74. The molecule has 0 aromatic carbocycles. The van der Waals surface area contributed by atoms with Crippen molar-refractivity contribution >= 4 is 29.5 Å². The van der Waals surface area contributed by atoms with Gasteiger partial charge in [0.05, 0.1) is 23.2 Å². The molecule has 0 aromatic heterocycles. The Morgan fingerprint density at radius 3 is 2.70 bits per heavy atom. The molecule has 7 nitrogen and oxygen atoms in total. The molecule has 3 saturated heterocycles. The molecular weight excluding hydrogens is 488 g/mol. The number of allylic oxidation sites excluding steroid dienone is 1. The van der Waals surface area contributed by atoms with Crippen LogP contribution in [0.2, 0.25) is 0 Å². The van der Waals surface area contributed by atoms with Gasteiger partial charge in [0, 0.05) is 31.0 Å². The molecule has 1 N–H and O–H groups in total. The van der Waals surface area contributed by atoms with Crippen LogP contribution in [0.5, 0.6) is 0 Å². The standard InChI is InChI=1S/C29H46N2O5S/c1-5-8-9-13-20-36-28(35)23-22-15-16-29(37-22)24(23)26(33)31(18-11-10-12-19-32)25(29)27(34)30(17-7-3)21(4)14-6-2/h5,7,21-25,32H,1,3,6,8-20H2,2,4H3/t21?,22-,23+,24-,25?,29?/m0/s1. The predicted molar refractivity (Wildman–Crippen MR) is 148 cm³/mol. The van der Waals surface area contributed by atoms with Gasteiger partial charge in [-0.3, -0.25) is 14.4 Å². The van der Waals surface area contributed by atoms with E-state index < -0.39 is 22.6 Å². The number of likely N-dealkylation sites (tertiary alicyclic amines) is 1. The van der Waals surface area contributed by atoms with Crippen LogP contribution in [-0.4, -0.2) is 81.1 Å². The molecule has 0 aromatic rings. The number of esters is 1. The number of hydrogen-bond donors (Lipinski definition) is 1. The van der Waals surface area contributed by atoms with Crippen molar-refractivity contribution in [2.24, 2.45) is 11.8 Å². The predicted octanol–water partition coefficient (Wildman–Crippen LogP) is 4.34. The Kier molecular flexibility index (Phi) is 11.1. The molecule has 2 bridgehead atoms. The Bertz CT molecular complexity index is 835. The molecule has 0 saturated carbocycles. The van der Waals surface area contributed by atoms with Crippen LogP contribution in [0.3, 0.4) is 0 Å². The number of hydrogen-bond acceptors (Lipinski definition) is 6. The zero-order valence-corrected chi connectivity index (χ0v) is 23.6. The summed E-state index contributed by atoms with van der Waals surface area (Å²) in [5.74, 6) is -1.40. The van der Waals surface area contributed by atoms with Gasteiger partial charge in [0.15, 0.2) is 0 Å². The molecule has 3 unspecified atom stereocenters. The van der Waals surface area contributed by atoms with Crippen LogP contribution in [0.25, 0.3) is 0 Å². The first-order valence-corrected chi connectivity index (χ1v) is 15.0. The monoisotopic (exact) mass is 534 g/mol. The second-order valence-corrected chi connectivity index (χ2v) is 12.3. The largest absolute Gasteiger partial charge is 0.465 e. The summed E-state index contributed by atoms with van der Waals surface area (Å²) in [6.45, 7) is 13.1.